The highest BCUT2D eigenvalue weighted by Crippen LogP contribution is 2.50. The number of ketones is 1. The van der Waals surface area contributed by atoms with E-state index < -0.39 is 0 Å². The number of rotatable bonds is 1. The molecule has 3 heteroatoms. The Kier molecular flexibility index (Phi) is 4.29. The molecule has 1 aromatic rings. The maximum absolute atomic E-state index is 12.7. The monoisotopic (exact) mass is 408 g/mol. The predicted octanol–water partition coefficient (Wildman–Crippen LogP) is 4.52. The van der Waals surface area contributed by atoms with Gasteiger partial charge in [-0.2, -0.15) is 0 Å². The lowest BCUT2D eigenvalue weighted by Crippen LogP contribution is -2.42. The van der Waals surface area contributed by atoms with Gasteiger partial charge in [-0.25, -0.2) is 0 Å². The molecule has 0 saturated heterocycles. The van der Waals surface area contributed by atoms with Crippen LogP contribution in [0.25, 0.3) is 6.08 Å². The summed E-state index contributed by atoms with van der Waals surface area (Å²) in [5, 5.41) is 10.5. The first-order valence-electron chi connectivity index (χ1n) is 7.81. The third-order valence-corrected chi connectivity index (χ3v) is 6.19. The Bertz CT molecular complexity index is 686. The minimum absolute atomic E-state index is 0.154. The van der Waals surface area contributed by atoms with E-state index in [1.54, 1.807) is 0 Å². The number of hydrogen-bond acceptors (Lipinski definition) is 2. The maximum atomic E-state index is 12.7. The van der Waals surface area contributed by atoms with E-state index >= 15 is 0 Å². The summed E-state index contributed by atoms with van der Waals surface area (Å²) in [6.45, 7) is 4.04. The van der Waals surface area contributed by atoms with Gasteiger partial charge >= 0.3 is 0 Å². The maximum Gasteiger partial charge on any atom is 0.184 e. The lowest BCUT2D eigenvalue weighted by molar-refractivity contribution is -0.113. The van der Waals surface area contributed by atoms with Crippen molar-refractivity contribution in [2.24, 2.45) is 5.41 Å². The largest absolute Gasteiger partial charge is 0.392 e. The molecule has 1 saturated carbocycles. The third-order valence-electron chi connectivity index (χ3n) is 5.21. The zero-order valence-corrected chi connectivity index (χ0v) is 15.2. The van der Waals surface area contributed by atoms with E-state index in [9.17, 15) is 9.90 Å². The summed E-state index contributed by atoms with van der Waals surface area (Å²) in [7, 11) is 0. The third kappa shape index (κ3) is 2.58. The van der Waals surface area contributed by atoms with E-state index in [-0.39, 0.29) is 17.3 Å². The number of halogens is 1. The van der Waals surface area contributed by atoms with Crippen molar-refractivity contribution < 1.29 is 9.90 Å². The summed E-state index contributed by atoms with van der Waals surface area (Å²) in [6.07, 6.45) is 5.06. The molecule has 2 atom stereocenters. The first-order valence-corrected chi connectivity index (χ1v) is 8.89. The van der Waals surface area contributed by atoms with Gasteiger partial charge in [0.1, 0.15) is 0 Å². The van der Waals surface area contributed by atoms with Gasteiger partial charge in [0, 0.05) is 14.6 Å². The number of hydrogen-bond donors (Lipinski definition) is 1. The number of allylic oxidation sites excluding steroid dienone is 2. The first kappa shape index (κ1) is 15.9. The van der Waals surface area contributed by atoms with Crippen LogP contribution < -0.4 is 0 Å². The topological polar surface area (TPSA) is 37.3 Å². The van der Waals surface area contributed by atoms with Crippen LogP contribution in [-0.4, -0.2) is 17.0 Å². The van der Waals surface area contributed by atoms with E-state index in [1.165, 1.54) is 5.57 Å². The van der Waals surface area contributed by atoms with Crippen LogP contribution in [0.5, 0.6) is 0 Å². The summed E-state index contributed by atoms with van der Waals surface area (Å²) < 4.78 is 1.14. The van der Waals surface area contributed by atoms with Crippen molar-refractivity contribution in [2.75, 3.05) is 0 Å². The number of carbonyl (C=O) groups excluding carboxylic acids is 1. The van der Waals surface area contributed by atoms with Crippen LogP contribution in [0.3, 0.4) is 0 Å². The molecule has 2 nitrogen and oxygen atoms in total. The highest BCUT2D eigenvalue weighted by atomic mass is 127. The van der Waals surface area contributed by atoms with Crippen molar-refractivity contribution in [3.05, 3.63) is 50.1 Å². The fourth-order valence-corrected chi connectivity index (χ4v) is 4.41. The van der Waals surface area contributed by atoms with Gasteiger partial charge in [-0.05, 0) is 78.5 Å². The summed E-state index contributed by atoms with van der Waals surface area (Å²) in [6, 6.07) is 8.08. The molecule has 0 aromatic heterocycles. The summed E-state index contributed by atoms with van der Waals surface area (Å²) in [5.74, 6) is 0.154. The van der Waals surface area contributed by atoms with Crippen LogP contribution in [0.2, 0.25) is 0 Å². The molecule has 0 spiro atoms. The molecule has 116 valence electrons. The molecular formula is C19H21IO2. The van der Waals surface area contributed by atoms with Crippen molar-refractivity contribution in [1.29, 1.82) is 0 Å². The Labute approximate surface area is 145 Å². The highest BCUT2D eigenvalue weighted by molar-refractivity contribution is 14.1. The van der Waals surface area contributed by atoms with Gasteiger partial charge < -0.3 is 5.11 Å². The molecule has 1 aromatic carbocycles. The number of benzene rings is 1. The van der Waals surface area contributed by atoms with E-state index in [1.807, 2.05) is 37.3 Å². The molecule has 2 aliphatic carbocycles. The summed E-state index contributed by atoms with van der Waals surface area (Å²) in [5.41, 5.74) is 3.66. The number of Topliss-reactive ketones (excluding diaryl/α,β-unsaturated/α-hetero) is 1. The first-order chi connectivity index (χ1) is 10.4. The number of carbonyl (C=O) groups is 1. The lowest BCUT2D eigenvalue weighted by atomic mass is 9.61. The Morgan fingerprint density at radius 1 is 1.36 bits per heavy atom. The van der Waals surface area contributed by atoms with E-state index in [0.717, 1.165) is 39.5 Å². The standard InChI is InChI=1S/C19H21IO2/c1-12-15-7-5-9-17(21)19(15,2)11-14(18(12)22)10-13-6-3-4-8-16(13)20/h3-4,6,8,10,17,21H,5,7,9,11H2,1-2H3/b14-10+/t17-,19-/m0/s1. The smallest absolute Gasteiger partial charge is 0.184 e. The highest BCUT2D eigenvalue weighted by Gasteiger charge is 2.45. The average molecular weight is 408 g/mol. The second-order valence-corrected chi connectivity index (χ2v) is 7.79. The predicted molar refractivity (Wildman–Crippen MR) is 97.4 cm³/mol. The van der Waals surface area contributed by atoms with E-state index in [4.69, 9.17) is 0 Å². The Balaban J connectivity index is 2.08. The molecule has 0 heterocycles. The fourth-order valence-electron chi connectivity index (χ4n) is 3.87. The Morgan fingerprint density at radius 2 is 2.09 bits per heavy atom. The van der Waals surface area contributed by atoms with Gasteiger partial charge in [-0.3, -0.25) is 4.79 Å². The van der Waals surface area contributed by atoms with Crippen molar-refractivity contribution in [3.8, 4) is 0 Å². The average Bonchev–Trinajstić information content (AvgIpc) is 2.49. The summed E-state index contributed by atoms with van der Waals surface area (Å²) in [4.78, 5) is 12.7. The number of aliphatic hydroxyl groups excluding tert-OH is 1. The molecular weight excluding hydrogens is 387 g/mol. The van der Waals surface area contributed by atoms with Gasteiger partial charge in [0.2, 0.25) is 0 Å². The Morgan fingerprint density at radius 3 is 2.82 bits per heavy atom. The van der Waals surface area contributed by atoms with Gasteiger partial charge in [0.15, 0.2) is 5.78 Å². The number of aliphatic hydroxyl groups is 1. The Hall–Kier alpha value is -0.940. The van der Waals surface area contributed by atoms with Crippen LogP contribution in [-0.2, 0) is 4.79 Å². The van der Waals surface area contributed by atoms with Crippen molar-refractivity contribution >= 4 is 34.5 Å². The van der Waals surface area contributed by atoms with Crippen molar-refractivity contribution in [3.63, 3.8) is 0 Å². The second-order valence-electron chi connectivity index (χ2n) is 6.63. The molecule has 22 heavy (non-hydrogen) atoms. The molecule has 3 rings (SSSR count). The molecule has 0 radical (unpaired) electrons. The van der Waals surface area contributed by atoms with Gasteiger partial charge in [0.25, 0.3) is 0 Å². The lowest BCUT2D eigenvalue weighted by Gasteiger charge is -2.45. The molecule has 1 fully saturated rings. The normalized spacial score (nSPS) is 30.6. The van der Waals surface area contributed by atoms with E-state index in [2.05, 4.69) is 29.5 Å². The van der Waals surface area contributed by atoms with Crippen molar-refractivity contribution in [2.45, 2.75) is 45.6 Å². The van der Waals surface area contributed by atoms with Crippen LogP contribution >= 0.6 is 22.6 Å². The van der Waals surface area contributed by atoms with Crippen LogP contribution in [0.4, 0.5) is 0 Å². The molecule has 0 aliphatic heterocycles. The van der Waals surface area contributed by atoms with Gasteiger partial charge in [0.05, 0.1) is 6.10 Å². The SMILES string of the molecule is CC1=C2CCC[C@H](O)[C@@]2(C)C/C(=C\c2ccccc2I)C1=O. The molecule has 2 aliphatic rings. The van der Waals surface area contributed by atoms with Crippen LogP contribution in [0.15, 0.2) is 41.0 Å². The minimum atomic E-state index is -0.349. The summed E-state index contributed by atoms with van der Waals surface area (Å²) >= 11 is 2.30. The molecule has 0 bridgehead atoms. The zero-order valence-electron chi connectivity index (χ0n) is 13.0. The van der Waals surface area contributed by atoms with Crippen LogP contribution in [0, 0.1) is 8.99 Å². The second kappa shape index (κ2) is 5.93. The van der Waals surface area contributed by atoms with Crippen molar-refractivity contribution in [1.82, 2.24) is 0 Å². The molecule has 0 unspecified atom stereocenters. The molecule has 0 amide bonds. The zero-order chi connectivity index (χ0) is 15.9. The van der Waals surface area contributed by atoms with Crippen LogP contribution in [0.1, 0.15) is 45.1 Å². The number of fused-ring (bicyclic) bond motifs is 1. The van der Waals surface area contributed by atoms with Gasteiger partial charge in [-0.15, -0.1) is 0 Å². The van der Waals surface area contributed by atoms with Gasteiger partial charge in [-0.1, -0.05) is 30.7 Å². The van der Waals surface area contributed by atoms with E-state index in [0.29, 0.717) is 6.42 Å². The fraction of sp³-hybridized carbons (Fsp3) is 0.421. The molecule has 1 N–H and O–H groups in total. The quantitative estimate of drug-likeness (QED) is 0.548. The minimum Gasteiger partial charge on any atom is -0.392 e.